The lowest BCUT2D eigenvalue weighted by molar-refractivity contribution is -0.144. The summed E-state index contributed by atoms with van der Waals surface area (Å²) in [5.74, 6) is -3.64. The van der Waals surface area contributed by atoms with Crippen molar-refractivity contribution in [1.82, 2.24) is 9.97 Å². The lowest BCUT2D eigenvalue weighted by Gasteiger charge is -2.11. The molecule has 0 fully saturated rings. The van der Waals surface area contributed by atoms with E-state index in [1.165, 1.54) is 6.07 Å². The number of anilines is 1. The lowest BCUT2D eigenvalue weighted by Crippen LogP contribution is -2.13. The number of nitrogens with zero attached hydrogens (tertiary/aromatic N) is 2. The Hall–Kier alpha value is -2.25. The SMILES string of the molecule is CCNc1cc(-c2ccc(F)c(F)c2)nc(C(F)(F)F)n1. The summed E-state index contributed by atoms with van der Waals surface area (Å²) in [6, 6.07) is 4.00. The fourth-order valence-electron chi connectivity index (χ4n) is 1.65. The highest BCUT2D eigenvalue weighted by atomic mass is 19.4. The zero-order valence-corrected chi connectivity index (χ0v) is 10.8. The normalized spacial score (nSPS) is 11.5. The van der Waals surface area contributed by atoms with Gasteiger partial charge >= 0.3 is 6.18 Å². The molecule has 0 aliphatic carbocycles. The molecule has 0 spiro atoms. The molecule has 3 nitrogen and oxygen atoms in total. The Labute approximate surface area is 116 Å². The van der Waals surface area contributed by atoms with E-state index in [1.54, 1.807) is 6.92 Å². The van der Waals surface area contributed by atoms with Crippen LogP contribution in [0.3, 0.4) is 0 Å². The Morgan fingerprint density at radius 1 is 1.05 bits per heavy atom. The van der Waals surface area contributed by atoms with Crippen LogP contribution in [0.4, 0.5) is 27.8 Å². The maximum absolute atomic E-state index is 13.2. The topological polar surface area (TPSA) is 37.8 Å². The molecule has 0 aliphatic rings. The van der Waals surface area contributed by atoms with Gasteiger partial charge in [0.2, 0.25) is 5.82 Å². The number of nitrogens with one attached hydrogen (secondary N) is 1. The van der Waals surface area contributed by atoms with Gasteiger partial charge in [-0.05, 0) is 25.1 Å². The molecule has 0 amide bonds. The van der Waals surface area contributed by atoms with Crippen LogP contribution in [0.2, 0.25) is 0 Å². The van der Waals surface area contributed by atoms with E-state index >= 15 is 0 Å². The molecule has 112 valence electrons. The van der Waals surface area contributed by atoms with E-state index in [9.17, 15) is 22.0 Å². The third-order valence-corrected chi connectivity index (χ3v) is 2.55. The lowest BCUT2D eigenvalue weighted by atomic mass is 10.1. The van der Waals surface area contributed by atoms with Gasteiger partial charge in [0.1, 0.15) is 5.82 Å². The van der Waals surface area contributed by atoms with E-state index in [2.05, 4.69) is 15.3 Å². The van der Waals surface area contributed by atoms with Crippen molar-refractivity contribution in [2.75, 3.05) is 11.9 Å². The van der Waals surface area contributed by atoms with E-state index in [4.69, 9.17) is 0 Å². The first-order valence-corrected chi connectivity index (χ1v) is 5.97. The van der Waals surface area contributed by atoms with Gasteiger partial charge in [-0.3, -0.25) is 0 Å². The van der Waals surface area contributed by atoms with Crippen LogP contribution in [-0.4, -0.2) is 16.5 Å². The van der Waals surface area contributed by atoms with Gasteiger partial charge in [0, 0.05) is 18.2 Å². The molecule has 2 rings (SSSR count). The molecule has 2 aromatic rings. The molecule has 0 aliphatic heterocycles. The Kier molecular flexibility index (Phi) is 4.06. The second kappa shape index (κ2) is 5.63. The number of aromatic nitrogens is 2. The van der Waals surface area contributed by atoms with Crippen LogP contribution in [0, 0.1) is 11.6 Å². The molecule has 0 atom stereocenters. The van der Waals surface area contributed by atoms with E-state index in [0.29, 0.717) is 6.54 Å². The maximum Gasteiger partial charge on any atom is 0.451 e. The molecule has 1 N–H and O–H groups in total. The average molecular weight is 303 g/mol. The highest BCUT2D eigenvalue weighted by molar-refractivity contribution is 5.62. The van der Waals surface area contributed by atoms with Gasteiger partial charge in [-0.15, -0.1) is 0 Å². The molecule has 1 heterocycles. The van der Waals surface area contributed by atoms with Crippen LogP contribution in [0.15, 0.2) is 24.3 Å². The number of hydrogen-bond acceptors (Lipinski definition) is 3. The molecule has 0 bridgehead atoms. The van der Waals surface area contributed by atoms with Crippen LogP contribution in [0.1, 0.15) is 12.7 Å². The Morgan fingerprint density at radius 3 is 2.33 bits per heavy atom. The predicted molar refractivity (Wildman–Crippen MR) is 66.5 cm³/mol. The fraction of sp³-hybridized carbons (Fsp3) is 0.231. The third kappa shape index (κ3) is 3.45. The summed E-state index contributed by atoms with van der Waals surface area (Å²) in [6.45, 7) is 2.04. The minimum Gasteiger partial charge on any atom is -0.370 e. The van der Waals surface area contributed by atoms with Gasteiger partial charge in [0.25, 0.3) is 0 Å². The largest absolute Gasteiger partial charge is 0.451 e. The number of alkyl halides is 3. The van der Waals surface area contributed by atoms with Gasteiger partial charge in [0.15, 0.2) is 11.6 Å². The molecule has 0 radical (unpaired) electrons. The zero-order valence-electron chi connectivity index (χ0n) is 10.8. The van der Waals surface area contributed by atoms with Gasteiger partial charge in [-0.25, -0.2) is 18.7 Å². The Balaban J connectivity index is 2.56. The molecule has 8 heteroatoms. The average Bonchev–Trinajstić information content (AvgIpc) is 2.41. The van der Waals surface area contributed by atoms with Crippen molar-refractivity contribution in [2.24, 2.45) is 0 Å². The summed E-state index contributed by atoms with van der Waals surface area (Å²) in [7, 11) is 0. The van der Waals surface area contributed by atoms with Crippen LogP contribution in [0.5, 0.6) is 0 Å². The molecule has 0 unspecified atom stereocenters. The summed E-state index contributed by atoms with van der Waals surface area (Å²) in [4.78, 5) is 6.71. The van der Waals surface area contributed by atoms with E-state index in [-0.39, 0.29) is 17.1 Å². The minimum absolute atomic E-state index is 0.0287. The number of benzene rings is 1. The number of halogens is 5. The summed E-state index contributed by atoms with van der Waals surface area (Å²) in [5.41, 5.74) is -0.117. The van der Waals surface area contributed by atoms with Crippen molar-refractivity contribution in [3.8, 4) is 11.3 Å². The van der Waals surface area contributed by atoms with E-state index < -0.39 is 23.6 Å². The van der Waals surface area contributed by atoms with Crippen LogP contribution in [-0.2, 0) is 6.18 Å². The second-order valence-electron chi connectivity index (χ2n) is 4.12. The van der Waals surface area contributed by atoms with Crippen molar-refractivity contribution < 1.29 is 22.0 Å². The third-order valence-electron chi connectivity index (χ3n) is 2.55. The van der Waals surface area contributed by atoms with E-state index in [1.807, 2.05) is 0 Å². The standard InChI is InChI=1S/C13H10F5N3/c1-2-19-11-6-10(20-12(21-11)13(16,17)18)7-3-4-8(14)9(15)5-7/h3-6H,2H2,1H3,(H,19,20,21). The molecule has 21 heavy (non-hydrogen) atoms. The van der Waals surface area contributed by atoms with Gasteiger partial charge in [-0.1, -0.05) is 0 Å². The molecule has 0 saturated heterocycles. The Bertz CT molecular complexity index is 655. The smallest absolute Gasteiger partial charge is 0.370 e. The quantitative estimate of drug-likeness (QED) is 0.875. The summed E-state index contributed by atoms with van der Waals surface area (Å²) in [6.07, 6.45) is -4.74. The van der Waals surface area contributed by atoms with Gasteiger partial charge < -0.3 is 5.32 Å². The van der Waals surface area contributed by atoms with Crippen molar-refractivity contribution in [1.29, 1.82) is 0 Å². The number of rotatable bonds is 3. The van der Waals surface area contributed by atoms with Crippen LogP contribution in [0.25, 0.3) is 11.3 Å². The van der Waals surface area contributed by atoms with Crippen LogP contribution < -0.4 is 5.32 Å². The second-order valence-corrected chi connectivity index (χ2v) is 4.12. The summed E-state index contributed by atoms with van der Waals surface area (Å²) < 4.78 is 64.4. The molecular formula is C13H10F5N3. The molecule has 1 aromatic carbocycles. The summed E-state index contributed by atoms with van der Waals surface area (Å²) >= 11 is 0. The summed E-state index contributed by atoms with van der Waals surface area (Å²) in [5, 5.41) is 2.64. The highest BCUT2D eigenvalue weighted by Crippen LogP contribution is 2.30. The maximum atomic E-state index is 13.2. The van der Waals surface area contributed by atoms with Crippen molar-refractivity contribution >= 4 is 5.82 Å². The van der Waals surface area contributed by atoms with Gasteiger partial charge in [0.05, 0.1) is 5.69 Å². The fourth-order valence-corrected chi connectivity index (χ4v) is 1.65. The van der Waals surface area contributed by atoms with Crippen molar-refractivity contribution in [2.45, 2.75) is 13.1 Å². The minimum atomic E-state index is -4.74. The first-order valence-electron chi connectivity index (χ1n) is 5.97. The van der Waals surface area contributed by atoms with Crippen LogP contribution >= 0.6 is 0 Å². The van der Waals surface area contributed by atoms with E-state index in [0.717, 1.165) is 18.2 Å². The molecule has 1 aromatic heterocycles. The first-order chi connectivity index (χ1) is 9.81. The highest BCUT2D eigenvalue weighted by Gasteiger charge is 2.35. The predicted octanol–water partition coefficient (Wildman–Crippen LogP) is 3.87. The molecule has 0 saturated carbocycles. The Morgan fingerprint density at radius 2 is 1.76 bits per heavy atom. The zero-order chi connectivity index (χ0) is 15.6. The molecular weight excluding hydrogens is 293 g/mol. The van der Waals surface area contributed by atoms with Crippen molar-refractivity contribution in [3.05, 3.63) is 41.7 Å². The first kappa shape index (κ1) is 15.1. The monoisotopic (exact) mass is 303 g/mol. The van der Waals surface area contributed by atoms with Crippen molar-refractivity contribution in [3.63, 3.8) is 0 Å². The van der Waals surface area contributed by atoms with Gasteiger partial charge in [-0.2, -0.15) is 13.2 Å². The number of hydrogen-bond donors (Lipinski definition) is 1.